The minimum absolute atomic E-state index is 0.0328. The van der Waals surface area contributed by atoms with Gasteiger partial charge in [0.15, 0.2) is 18.1 Å². The molecule has 7 heteroatoms. The molecule has 0 saturated heterocycles. The Morgan fingerprint density at radius 1 is 1.00 bits per heavy atom. The topological polar surface area (TPSA) is 96.9 Å². The van der Waals surface area contributed by atoms with Crippen molar-refractivity contribution in [2.24, 2.45) is 0 Å². The summed E-state index contributed by atoms with van der Waals surface area (Å²) in [6.07, 6.45) is 0. The number of amides is 3. The van der Waals surface area contributed by atoms with E-state index in [0.29, 0.717) is 11.5 Å². The Labute approximate surface area is 145 Å². The Bertz CT molecular complexity index is 716. The molecule has 3 amide bonds. The van der Waals surface area contributed by atoms with Crippen LogP contribution in [0, 0.1) is 0 Å². The molecule has 2 rings (SSSR count). The molecular formula is C18H20N2O5. The zero-order chi connectivity index (χ0) is 18.1. The van der Waals surface area contributed by atoms with Gasteiger partial charge in [-0.2, -0.15) is 0 Å². The number of hydrogen-bond donors (Lipinski definition) is 3. The highest BCUT2D eigenvalue weighted by Gasteiger charge is 2.10. The van der Waals surface area contributed by atoms with Crippen LogP contribution in [0.1, 0.15) is 11.1 Å². The maximum Gasteiger partial charge on any atom is 0.321 e. The molecule has 0 atom stereocenters. The summed E-state index contributed by atoms with van der Waals surface area (Å²) >= 11 is 0. The van der Waals surface area contributed by atoms with Crippen LogP contribution in [0.4, 0.5) is 4.79 Å². The highest BCUT2D eigenvalue weighted by Crippen LogP contribution is 2.25. The Morgan fingerprint density at radius 2 is 1.64 bits per heavy atom. The van der Waals surface area contributed by atoms with E-state index in [4.69, 9.17) is 14.6 Å². The second kappa shape index (κ2) is 9.29. The smallest absolute Gasteiger partial charge is 0.321 e. The van der Waals surface area contributed by atoms with Gasteiger partial charge in [0.05, 0.1) is 13.7 Å². The van der Waals surface area contributed by atoms with E-state index in [2.05, 4.69) is 10.6 Å². The number of aliphatic hydroxyl groups excluding tert-OH is 1. The van der Waals surface area contributed by atoms with E-state index < -0.39 is 11.9 Å². The molecule has 0 heterocycles. The lowest BCUT2D eigenvalue weighted by molar-refractivity contribution is -0.122. The van der Waals surface area contributed by atoms with Crippen LogP contribution in [0.25, 0.3) is 0 Å². The molecule has 132 valence electrons. The molecule has 2 aromatic rings. The zero-order valence-electron chi connectivity index (χ0n) is 13.8. The molecule has 0 unspecified atom stereocenters. The highest BCUT2D eigenvalue weighted by molar-refractivity contribution is 5.95. The van der Waals surface area contributed by atoms with Crippen LogP contribution >= 0.6 is 0 Å². The van der Waals surface area contributed by atoms with E-state index in [0.717, 1.165) is 11.1 Å². The third-order valence-corrected chi connectivity index (χ3v) is 3.34. The summed E-state index contributed by atoms with van der Waals surface area (Å²) in [7, 11) is 1.50. The number of benzene rings is 2. The van der Waals surface area contributed by atoms with Crippen molar-refractivity contribution in [1.82, 2.24) is 10.6 Å². The molecule has 0 bridgehead atoms. The minimum atomic E-state index is -0.611. The molecule has 0 aliphatic carbocycles. The molecular weight excluding hydrogens is 324 g/mol. The summed E-state index contributed by atoms with van der Waals surface area (Å²) < 4.78 is 10.4. The first-order chi connectivity index (χ1) is 12.1. The molecule has 0 radical (unpaired) electrons. The number of urea groups is 1. The van der Waals surface area contributed by atoms with Crippen molar-refractivity contribution in [1.29, 1.82) is 0 Å². The highest BCUT2D eigenvalue weighted by atomic mass is 16.5. The number of methoxy groups -OCH3 is 1. The first kappa shape index (κ1) is 18.3. The molecule has 0 saturated carbocycles. The summed E-state index contributed by atoms with van der Waals surface area (Å²) in [5.74, 6) is 0.356. The second-order valence-corrected chi connectivity index (χ2v) is 5.14. The number of aliphatic hydroxyl groups is 1. The average molecular weight is 344 g/mol. The average Bonchev–Trinajstić information content (AvgIpc) is 2.65. The SMILES string of the molecule is COc1ccccc1OCC(=O)NC(=O)NCc1ccc(CO)cc1. The number of carbonyl (C=O) groups is 2. The summed E-state index contributed by atoms with van der Waals surface area (Å²) in [4.78, 5) is 23.5. The van der Waals surface area contributed by atoms with Crippen molar-refractivity contribution in [3.63, 3.8) is 0 Å². The van der Waals surface area contributed by atoms with Crippen LogP contribution in [0.15, 0.2) is 48.5 Å². The monoisotopic (exact) mass is 344 g/mol. The number of carbonyl (C=O) groups excluding carboxylic acids is 2. The summed E-state index contributed by atoms with van der Waals surface area (Å²) in [5.41, 5.74) is 1.64. The van der Waals surface area contributed by atoms with Gasteiger partial charge in [-0.05, 0) is 23.3 Å². The van der Waals surface area contributed by atoms with Crippen molar-refractivity contribution < 1.29 is 24.2 Å². The van der Waals surface area contributed by atoms with Crippen LogP contribution in [0.5, 0.6) is 11.5 Å². The summed E-state index contributed by atoms with van der Waals surface area (Å²) in [6.45, 7) is -0.0773. The molecule has 7 nitrogen and oxygen atoms in total. The van der Waals surface area contributed by atoms with Gasteiger partial charge >= 0.3 is 6.03 Å². The van der Waals surface area contributed by atoms with E-state index in [1.807, 2.05) is 0 Å². The van der Waals surface area contributed by atoms with Gasteiger partial charge in [-0.3, -0.25) is 10.1 Å². The van der Waals surface area contributed by atoms with Gasteiger partial charge in [-0.25, -0.2) is 4.79 Å². The van der Waals surface area contributed by atoms with Gasteiger partial charge in [-0.15, -0.1) is 0 Å². The van der Waals surface area contributed by atoms with E-state index in [1.165, 1.54) is 7.11 Å². The number of nitrogens with one attached hydrogen (secondary N) is 2. The van der Waals surface area contributed by atoms with E-state index in [1.54, 1.807) is 48.5 Å². The fraction of sp³-hybridized carbons (Fsp3) is 0.222. The van der Waals surface area contributed by atoms with Gasteiger partial charge in [0.25, 0.3) is 5.91 Å². The van der Waals surface area contributed by atoms with E-state index in [-0.39, 0.29) is 19.8 Å². The maximum atomic E-state index is 11.8. The zero-order valence-corrected chi connectivity index (χ0v) is 13.8. The normalized spacial score (nSPS) is 10.0. The van der Waals surface area contributed by atoms with E-state index >= 15 is 0 Å². The molecule has 25 heavy (non-hydrogen) atoms. The van der Waals surface area contributed by atoms with Crippen molar-refractivity contribution >= 4 is 11.9 Å². The largest absolute Gasteiger partial charge is 0.493 e. The predicted molar refractivity (Wildman–Crippen MR) is 91.2 cm³/mol. The van der Waals surface area contributed by atoms with Gasteiger partial charge in [0.2, 0.25) is 0 Å². The second-order valence-electron chi connectivity index (χ2n) is 5.14. The van der Waals surface area contributed by atoms with Crippen LogP contribution < -0.4 is 20.1 Å². The molecule has 0 spiro atoms. The van der Waals surface area contributed by atoms with Gasteiger partial charge < -0.3 is 19.9 Å². The van der Waals surface area contributed by atoms with Crippen LogP contribution in [0.3, 0.4) is 0 Å². The van der Waals surface area contributed by atoms with Crippen LogP contribution in [0.2, 0.25) is 0 Å². The quantitative estimate of drug-likeness (QED) is 0.709. The predicted octanol–water partition coefficient (Wildman–Crippen LogP) is 1.59. The summed E-state index contributed by atoms with van der Waals surface area (Å²) in [5, 5.41) is 13.7. The number of para-hydroxylation sites is 2. The molecule has 3 N–H and O–H groups in total. The molecule has 0 aliphatic heterocycles. The first-order valence-electron chi connectivity index (χ1n) is 7.64. The lowest BCUT2D eigenvalue weighted by atomic mass is 10.1. The lowest BCUT2D eigenvalue weighted by Gasteiger charge is -2.10. The molecule has 0 fully saturated rings. The van der Waals surface area contributed by atoms with Crippen LogP contribution in [-0.4, -0.2) is 30.8 Å². The third-order valence-electron chi connectivity index (χ3n) is 3.34. The van der Waals surface area contributed by atoms with Crippen molar-refractivity contribution in [2.75, 3.05) is 13.7 Å². The Morgan fingerprint density at radius 3 is 2.28 bits per heavy atom. The number of imide groups is 1. The van der Waals surface area contributed by atoms with E-state index in [9.17, 15) is 9.59 Å². The van der Waals surface area contributed by atoms with Gasteiger partial charge in [0.1, 0.15) is 0 Å². The fourth-order valence-corrected chi connectivity index (χ4v) is 2.03. The van der Waals surface area contributed by atoms with Crippen molar-refractivity contribution in [3.8, 4) is 11.5 Å². The molecule has 2 aromatic carbocycles. The van der Waals surface area contributed by atoms with Crippen LogP contribution in [-0.2, 0) is 17.9 Å². The minimum Gasteiger partial charge on any atom is -0.493 e. The van der Waals surface area contributed by atoms with Gasteiger partial charge in [0, 0.05) is 6.54 Å². The summed E-state index contributed by atoms with van der Waals surface area (Å²) in [6, 6.07) is 13.4. The number of hydrogen-bond acceptors (Lipinski definition) is 5. The molecule has 0 aromatic heterocycles. The standard InChI is InChI=1S/C18H20N2O5/c1-24-15-4-2-3-5-16(15)25-12-17(22)20-18(23)19-10-13-6-8-14(11-21)9-7-13/h2-9,21H,10-12H2,1H3,(H2,19,20,22,23). The first-order valence-corrected chi connectivity index (χ1v) is 7.64. The van der Waals surface area contributed by atoms with Crippen molar-refractivity contribution in [2.45, 2.75) is 13.2 Å². The Balaban J connectivity index is 1.75. The maximum absolute atomic E-state index is 11.8. The van der Waals surface area contributed by atoms with Crippen molar-refractivity contribution in [3.05, 3.63) is 59.7 Å². The third kappa shape index (κ3) is 5.82. The Kier molecular flexibility index (Phi) is 6.79. The number of ether oxygens (including phenoxy) is 2. The molecule has 0 aliphatic rings. The lowest BCUT2D eigenvalue weighted by Crippen LogP contribution is -2.41. The Hall–Kier alpha value is -3.06. The number of rotatable bonds is 7. The van der Waals surface area contributed by atoms with Gasteiger partial charge in [-0.1, -0.05) is 36.4 Å². The fourth-order valence-electron chi connectivity index (χ4n) is 2.03.